The lowest BCUT2D eigenvalue weighted by Gasteiger charge is -2.15. The van der Waals surface area contributed by atoms with Gasteiger partial charge in [0.2, 0.25) is 0 Å². The molecular formula is C41H70O5. The van der Waals surface area contributed by atoms with Crippen LogP contribution in [0.1, 0.15) is 168 Å². The van der Waals surface area contributed by atoms with Crippen LogP contribution in [0.25, 0.3) is 0 Å². The number of aliphatic hydroxyl groups is 1. The molecule has 0 saturated carbocycles. The molecule has 5 heteroatoms. The molecule has 0 fully saturated rings. The van der Waals surface area contributed by atoms with Crippen LogP contribution in [-0.4, -0.2) is 36.4 Å². The lowest BCUT2D eigenvalue weighted by atomic mass is 10.1. The Bertz CT molecular complexity index is 823. The van der Waals surface area contributed by atoms with E-state index in [-0.39, 0.29) is 25.2 Å². The SMILES string of the molecule is CCCCC/C=C/C/C=C/C/C=C/CCCCCCC(=O)O[C@@H](CO)COC(=O)CCCCCCC/C=C/C/C=C/CCCCC. The van der Waals surface area contributed by atoms with Crippen molar-refractivity contribution in [3.8, 4) is 0 Å². The summed E-state index contributed by atoms with van der Waals surface area (Å²) in [4.78, 5) is 24.2. The number of esters is 2. The van der Waals surface area contributed by atoms with Crippen LogP contribution >= 0.6 is 0 Å². The van der Waals surface area contributed by atoms with E-state index in [1.54, 1.807) is 0 Å². The van der Waals surface area contributed by atoms with E-state index in [2.05, 4.69) is 74.6 Å². The number of ether oxygens (including phenoxy) is 2. The van der Waals surface area contributed by atoms with Crippen LogP contribution in [0.2, 0.25) is 0 Å². The van der Waals surface area contributed by atoms with Gasteiger partial charge in [0.15, 0.2) is 6.10 Å². The quantitative estimate of drug-likeness (QED) is 0.0438. The van der Waals surface area contributed by atoms with Crippen molar-refractivity contribution >= 4 is 11.9 Å². The minimum Gasteiger partial charge on any atom is -0.462 e. The first-order valence-corrected chi connectivity index (χ1v) is 18.8. The molecule has 0 radical (unpaired) electrons. The molecule has 5 nitrogen and oxygen atoms in total. The van der Waals surface area contributed by atoms with Crippen LogP contribution in [0.15, 0.2) is 60.8 Å². The summed E-state index contributed by atoms with van der Waals surface area (Å²) in [7, 11) is 0. The maximum absolute atomic E-state index is 12.1. The molecule has 0 heterocycles. The minimum absolute atomic E-state index is 0.0847. The van der Waals surface area contributed by atoms with Crippen molar-refractivity contribution in [3.63, 3.8) is 0 Å². The highest BCUT2D eigenvalue weighted by atomic mass is 16.6. The van der Waals surface area contributed by atoms with Crippen LogP contribution in [0.5, 0.6) is 0 Å². The number of carbonyl (C=O) groups is 2. The number of hydrogen-bond donors (Lipinski definition) is 1. The topological polar surface area (TPSA) is 72.8 Å². The zero-order valence-electron chi connectivity index (χ0n) is 29.8. The van der Waals surface area contributed by atoms with Crippen molar-refractivity contribution in [2.75, 3.05) is 13.2 Å². The van der Waals surface area contributed by atoms with Crippen LogP contribution in [0, 0.1) is 0 Å². The standard InChI is InChI=1S/C41H70O5/c1-3-5-7-9-11-13-15-17-19-20-22-24-26-28-30-32-34-36-41(44)46-39(37-42)38-45-40(43)35-33-31-29-27-25-23-21-18-16-14-12-10-8-6-4-2/h11-14,17-19,21-22,24,39,42H,3-10,15-16,20,23,25-38H2,1-2H3/b13-11+,14-12+,19-17+,21-18+,24-22+/t39-/m0/s1. The van der Waals surface area contributed by atoms with Crippen molar-refractivity contribution < 1.29 is 24.2 Å². The maximum atomic E-state index is 12.1. The number of hydrogen-bond acceptors (Lipinski definition) is 5. The third-order valence-corrected chi connectivity index (χ3v) is 7.78. The van der Waals surface area contributed by atoms with Crippen LogP contribution in [0.3, 0.4) is 0 Å². The molecule has 46 heavy (non-hydrogen) atoms. The Morgan fingerprint density at radius 3 is 1.30 bits per heavy atom. The highest BCUT2D eigenvalue weighted by Crippen LogP contribution is 2.11. The first-order valence-electron chi connectivity index (χ1n) is 18.8. The first-order chi connectivity index (χ1) is 22.6. The zero-order valence-corrected chi connectivity index (χ0v) is 29.8. The van der Waals surface area contributed by atoms with E-state index in [9.17, 15) is 14.7 Å². The number of carbonyl (C=O) groups excluding carboxylic acids is 2. The molecule has 0 aromatic rings. The van der Waals surface area contributed by atoms with Crippen LogP contribution < -0.4 is 0 Å². The smallest absolute Gasteiger partial charge is 0.306 e. The molecule has 0 aromatic heterocycles. The normalized spacial score (nSPS) is 12.8. The van der Waals surface area contributed by atoms with Gasteiger partial charge < -0.3 is 14.6 Å². The van der Waals surface area contributed by atoms with Crippen LogP contribution in [-0.2, 0) is 19.1 Å². The molecule has 0 aliphatic heterocycles. The Kier molecular flexibility index (Phi) is 35.1. The van der Waals surface area contributed by atoms with Gasteiger partial charge in [0, 0.05) is 12.8 Å². The molecule has 0 saturated heterocycles. The van der Waals surface area contributed by atoms with E-state index in [1.807, 2.05) is 0 Å². The summed E-state index contributed by atoms with van der Waals surface area (Å²) >= 11 is 0. The minimum atomic E-state index is -0.790. The summed E-state index contributed by atoms with van der Waals surface area (Å²) in [6.07, 6.45) is 47.0. The lowest BCUT2D eigenvalue weighted by Crippen LogP contribution is -2.28. The maximum Gasteiger partial charge on any atom is 0.306 e. The van der Waals surface area contributed by atoms with Gasteiger partial charge >= 0.3 is 11.9 Å². The summed E-state index contributed by atoms with van der Waals surface area (Å²) < 4.78 is 10.6. The molecule has 1 atom stereocenters. The summed E-state index contributed by atoms with van der Waals surface area (Å²) in [5.74, 6) is -0.637. The summed E-state index contributed by atoms with van der Waals surface area (Å²) in [6.45, 7) is 4.04. The molecule has 0 unspecified atom stereocenters. The molecule has 0 spiro atoms. The highest BCUT2D eigenvalue weighted by molar-refractivity contribution is 5.70. The van der Waals surface area contributed by atoms with Crippen molar-refractivity contribution in [1.29, 1.82) is 0 Å². The summed E-state index contributed by atoms with van der Waals surface area (Å²) in [5, 5.41) is 9.53. The fraction of sp³-hybridized carbons (Fsp3) is 0.707. The second-order valence-electron chi connectivity index (χ2n) is 12.3. The lowest BCUT2D eigenvalue weighted by molar-refractivity contribution is -0.161. The second kappa shape index (κ2) is 37.1. The largest absolute Gasteiger partial charge is 0.462 e. The van der Waals surface area contributed by atoms with Gasteiger partial charge in [-0.3, -0.25) is 9.59 Å². The molecule has 0 aromatic carbocycles. The van der Waals surface area contributed by atoms with Gasteiger partial charge in [0.05, 0.1) is 6.61 Å². The van der Waals surface area contributed by atoms with Crippen molar-refractivity contribution in [2.45, 2.75) is 174 Å². The van der Waals surface area contributed by atoms with Gasteiger partial charge in [-0.2, -0.15) is 0 Å². The van der Waals surface area contributed by atoms with Crippen LogP contribution in [0.4, 0.5) is 0 Å². The number of aliphatic hydroxyl groups excluding tert-OH is 1. The number of rotatable bonds is 33. The average Bonchev–Trinajstić information content (AvgIpc) is 3.06. The third-order valence-electron chi connectivity index (χ3n) is 7.78. The van der Waals surface area contributed by atoms with E-state index in [4.69, 9.17) is 9.47 Å². The zero-order chi connectivity index (χ0) is 33.6. The van der Waals surface area contributed by atoms with Gasteiger partial charge in [-0.1, -0.05) is 132 Å². The van der Waals surface area contributed by atoms with Gasteiger partial charge in [0.1, 0.15) is 6.61 Å². The predicted molar refractivity (Wildman–Crippen MR) is 196 cm³/mol. The van der Waals surface area contributed by atoms with E-state index < -0.39 is 6.10 Å². The van der Waals surface area contributed by atoms with Crippen molar-refractivity contribution in [1.82, 2.24) is 0 Å². The molecule has 1 N–H and O–H groups in total. The highest BCUT2D eigenvalue weighted by Gasteiger charge is 2.16. The van der Waals surface area contributed by atoms with Gasteiger partial charge in [-0.25, -0.2) is 0 Å². The van der Waals surface area contributed by atoms with Gasteiger partial charge in [-0.05, 0) is 83.5 Å². The van der Waals surface area contributed by atoms with E-state index >= 15 is 0 Å². The van der Waals surface area contributed by atoms with Gasteiger partial charge in [0.25, 0.3) is 0 Å². The molecule has 0 amide bonds. The molecular weight excluding hydrogens is 572 g/mol. The van der Waals surface area contributed by atoms with E-state index in [1.165, 1.54) is 64.2 Å². The Labute approximate surface area is 283 Å². The Morgan fingerprint density at radius 1 is 0.500 bits per heavy atom. The monoisotopic (exact) mass is 643 g/mol. The first kappa shape index (κ1) is 43.6. The van der Waals surface area contributed by atoms with Crippen molar-refractivity contribution in [3.05, 3.63) is 60.8 Å². The van der Waals surface area contributed by atoms with E-state index in [0.29, 0.717) is 12.8 Å². The number of allylic oxidation sites excluding steroid dienone is 10. The fourth-order valence-corrected chi connectivity index (χ4v) is 4.88. The average molecular weight is 643 g/mol. The van der Waals surface area contributed by atoms with E-state index in [0.717, 1.165) is 77.0 Å². The summed E-state index contributed by atoms with van der Waals surface area (Å²) in [6, 6.07) is 0. The Morgan fingerprint density at radius 2 is 0.870 bits per heavy atom. The molecule has 0 aliphatic rings. The second-order valence-corrected chi connectivity index (χ2v) is 12.3. The Hall–Kier alpha value is -2.40. The molecule has 0 bridgehead atoms. The van der Waals surface area contributed by atoms with Crippen molar-refractivity contribution in [2.24, 2.45) is 0 Å². The Balaban J connectivity index is 3.66. The van der Waals surface area contributed by atoms with Gasteiger partial charge in [-0.15, -0.1) is 0 Å². The summed E-state index contributed by atoms with van der Waals surface area (Å²) in [5.41, 5.74) is 0. The predicted octanol–water partition coefficient (Wildman–Crippen LogP) is 11.6. The molecule has 0 aliphatic carbocycles. The molecule has 0 rings (SSSR count). The third kappa shape index (κ3) is 34.5. The number of unbranched alkanes of at least 4 members (excludes halogenated alkanes) is 15. The fourth-order valence-electron chi connectivity index (χ4n) is 4.88. The molecule has 264 valence electrons.